The van der Waals surface area contributed by atoms with Crippen LogP contribution in [0.2, 0.25) is 10.0 Å². The first-order valence-electron chi connectivity index (χ1n) is 5.78. The smallest absolute Gasteiger partial charge is 0.222 e. The Balaban J connectivity index is 2.38. The van der Waals surface area contributed by atoms with E-state index in [0.29, 0.717) is 23.0 Å². The van der Waals surface area contributed by atoms with Gasteiger partial charge in [0.05, 0.1) is 10.0 Å². The highest BCUT2D eigenvalue weighted by Gasteiger charge is 2.12. The maximum absolute atomic E-state index is 11.6. The second kappa shape index (κ2) is 6.30. The minimum atomic E-state index is -0.194. The van der Waals surface area contributed by atoms with Crippen molar-refractivity contribution in [2.75, 3.05) is 11.9 Å². The lowest BCUT2D eigenvalue weighted by molar-refractivity contribution is -0.122. The van der Waals surface area contributed by atoms with Gasteiger partial charge in [0.15, 0.2) is 0 Å². The van der Waals surface area contributed by atoms with E-state index in [-0.39, 0.29) is 11.4 Å². The standard InChI is InChI=1S/C13H18Cl2N2O/c1-13(2,3)17-12(18)6-7-16-9-4-5-10(14)11(15)8-9/h4-5,8,16H,6-7H2,1-3H3,(H,17,18). The average molecular weight is 289 g/mol. The molecule has 0 heterocycles. The monoisotopic (exact) mass is 288 g/mol. The predicted molar refractivity (Wildman–Crippen MR) is 77.5 cm³/mol. The third kappa shape index (κ3) is 5.61. The SMILES string of the molecule is CC(C)(C)NC(=O)CCNc1ccc(Cl)c(Cl)c1. The van der Waals surface area contributed by atoms with Crippen molar-refractivity contribution in [3.8, 4) is 0 Å². The summed E-state index contributed by atoms with van der Waals surface area (Å²) in [5, 5.41) is 7.05. The second-order valence-electron chi connectivity index (χ2n) is 5.10. The Labute approximate surface area is 118 Å². The number of benzene rings is 1. The minimum absolute atomic E-state index is 0.0232. The minimum Gasteiger partial charge on any atom is -0.384 e. The Bertz CT molecular complexity index is 427. The normalized spacial score (nSPS) is 11.2. The van der Waals surface area contributed by atoms with Crippen molar-refractivity contribution in [2.24, 2.45) is 0 Å². The summed E-state index contributed by atoms with van der Waals surface area (Å²) in [4.78, 5) is 11.6. The maximum Gasteiger partial charge on any atom is 0.222 e. The van der Waals surface area contributed by atoms with E-state index in [1.165, 1.54) is 0 Å². The highest BCUT2D eigenvalue weighted by atomic mass is 35.5. The van der Waals surface area contributed by atoms with Crippen LogP contribution in [0.3, 0.4) is 0 Å². The average Bonchev–Trinajstić information content (AvgIpc) is 2.20. The Hall–Kier alpha value is -0.930. The third-order valence-corrected chi connectivity index (χ3v) is 2.85. The van der Waals surface area contributed by atoms with Gasteiger partial charge in [0.25, 0.3) is 0 Å². The van der Waals surface area contributed by atoms with E-state index >= 15 is 0 Å². The van der Waals surface area contributed by atoms with Crippen molar-refractivity contribution in [2.45, 2.75) is 32.7 Å². The molecule has 1 aromatic carbocycles. The lowest BCUT2D eigenvalue weighted by Crippen LogP contribution is -2.41. The molecular formula is C13H18Cl2N2O. The van der Waals surface area contributed by atoms with Gasteiger partial charge in [-0.3, -0.25) is 4.79 Å². The van der Waals surface area contributed by atoms with Crippen molar-refractivity contribution in [1.82, 2.24) is 5.32 Å². The molecule has 0 bridgehead atoms. The van der Waals surface area contributed by atoms with Crippen molar-refractivity contribution in [3.63, 3.8) is 0 Å². The molecule has 0 aliphatic carbocycles. The van der Waals surface area contributed by atoms with Crippen LogP contribution in [0.1, 0.15) is 27.2 Å². The zero-order chi connectivity index (χ0) is 13.8. The van der Waals surface area contributed by atoms with Crippen LogP contribution in [0, 0.1) is 0 Å². The van der Waals surface area contributed by atoms with E-state index in [9.17, 15) is 4.79 Å². The van der Waals surface area contributed by atoms with Crippen LogP contribution in [0.25, 0.3) is 0 Å². The van der Waals surface area contributed by atoms with Crippen molar-refractivity contribution in [3.05, 3.63) is 28.2 Å². The molecular weight excluding hydrogens is 271 g/mol. The van der Waals surface area contributed by atoms with E-state index < -0.39 is 0 Å². The summed E-state index contributed by atoms with van der Waals surface area (Å²) in [6, 6.07) is 5.29. The molecule has 0 aliphatic rings. The number of hydrogen-bond donors (Lipinski definition) is 2. The van der Waals surface area contributed by atoms with Crippen LogP contribution < -0.4 is 10.6 Å². The molecule has 18 heavy (non-hydrogen) atoms. The Kier molecular flexibility index (Phi) is 5.29. The molecule has 0 atom stereocenters. The predicted octanol–water partition coefficient (Wildman–Crippen LogP) is 3.71. The van der Waals surface area contributed by atoms with Gasteiger partial charge >= 0.3 is 0 Å². The Morgan fingerprint density at radius 3 is 2.44 bits per heavy atom. The highest BCUT2D eigenvalue weighted by Crippen LogP contribution is 2.24. The van der Waals surface area contributed by atoms with Gasteiger partial charge < -0.3 is 10.6 Å². The first-order chi connectivity index (χ1) is 8.28. The molecule has 0 spiro atoms. The fraction of sp³-hybridized carbons (Fsp3) is 0.462. The van der Waals surface area contributed by atoms with Gasteiger partial charge in [-0.2, -0.15) is 0 Å². The number of nitrogens with one attached hydrogen (secondary N) is 2. The van der Waals surface area contributed by atoms with E-state index in [1.807, 2.05) is 26.8 Å². The molecule has 100 valence electrons. The first kappa shape index (κ1) is 15.1. The third-order valence-electron chi connectivity index (χ3n) is 2.12. The van der Waals surface area contributed by atoms with Gasteiger partial charge in [0, 0.05) is 24.2 Å². The van der Waals surface area contributed by atoms with Crippen LogP contribution in [0.15, 0.2) is 18.2 Å². The Morgan fingerprint density at radius 2 is 1.89 bits per heavy atom. The van der Waals surface area contributed by atoms with Crippen LogP contribution in [-0.2, 0) is 4.79 Å². The topological polar surface area (TPSA) is 41.1 Å². The Morgan fingerprint density at radius 1 is 1.22 bits per heavy atom. The molecule has 0 aromatic heterocycles. The van der Waals surface area contributed by atoms with Gasteiger partial charge in [0.2, 0.25) is 5.91 Å². The fourth-order valence-corrected chi connectivity index (χ4v) is 1.71. The summed E-state index contributed by atoms with van der Waals surface area (Å²) >= 11 is 11.7. The lowest BCUT2D eigenvalue weighted by atomic mass is 10.1. The summed E-state index contributed by atoms with van der Waals surface area (Å²) in [7, 11) is 0. The number of amides is 1. The molecule has 0 saturated heterocycles. The van der Waals surface area contributed by atoms with Crippen LogP contribution in [-0.4, -0.2) is 18.0 Å². The van der Waals surface area contributed by atoms with Gasteiger partial charge in [-0.1, -0.05) is 23.2 Å². The summed E-state index contributed by atoms with van der Waals surface area (Å²) in [6.07, 6.45) is 0.414. The zero-order valence-corrected chi connectivity index (χ0v) is 12.3. The number of anilines is 1. The molecule has 0 unspecified atom stereocenters. The van der Waals surface area contributed by atoms with Crippen LogP contribution >= 0.6 is 23.2 Å². The molecule has 0 aliphatic heterocycles. The summed E-state index contributed by atoms with van der Waals surface area (Å²) in [6.45, 7) is 6.42. The van der Waals surface area contributed by atoms with Crippen molar-refractivity contribution in [1.29, 1.82) is 0 Å². The largest absolute Gasteiger partial charge is 0.384 e. The molecule has 1 amide bonds. The fourth-order valence-electron chi connectivity index (χ4n) is 1.41. The molecule has 5 heteroatoms. The quantitative estimate of drug-likeness (QED) is 0.887. The first-order valence-corrected chi connectivity index (χ1v) is 6.53. The van der Waals surface area contributed by atoms with Crippen molar-refractivity contribution < 1.29 is 4.79 Å². The van der Waals surface area contributed by atoms with E-state index in [4.69, 9.17) is 23.2 Å². The molecule has 0 saturated carbocycles. The molecule has 3 nitrogen and oxygen atoms in total. The zero-order valence-electron chi connectivity index (χ0n) is 10.8. The molecule has 0 radical (unpaired) electrons. The van der Waals surface area contributed by atoms with Crippen LogP contribution in [0.4, 0.5) is 5.69 Å². The van der Waals surface area contributed by atoms with Gasteiger partial charge in [-0.05, 0) is 39.0 Å². The van der Waals surface area contributed by atoms with Gasteiger partial charge in [-0.15, -0.1) is 0 Å². The maximum atomic E-state index is 11.6. The molecule has 1 aromatic rings. The van der Waals surface area contributed by atoms with E-state index in [2.05, 4.69) is 10.6 Å². The van der Waals surface area contributed by atoms with E-state index in [0.717, 1.165) is 5.69 Å². The number of halogens is 2. The molecule has 0 fully saturated rings. The summed E-state index contributed by atoms with van der Waals surface area (Å²) in [5.74, 6) is 0.0232. The number of carbonyl (C=O) groups excluding carboxylic acids is 1. The number of carbonyl (C=O) groups is 1. The highest BCUT2D eigenvalue weighted by molar-refractivity contribution is 6.42. The van der Waals surface area contributed by atoms with Gasteiger partial charge in [-0.25, -0.2) is 0 Å². The van der Waals surface area contributed by atoms with Crippen LogP contribution in [0.5, 0.6) is 0 Å². The number of rotatable bonds is 4. The summed E-state index contributed by atoms with van der Waals surface area (Å²) < 4.78 is 0. The summed E-state index contributed by atoms with van der Waals surface area (Å²) in [5.41, 5.74) is 0.661. The van der Waals surface area contributed by atoms with E-state index in [1.54, 1.807) is 12.1 Å². The number of hydrogen-bond acceptors (Lipinski definition) is 2. The second-order valence-corrected chi connectivity index (χ2v) is 5.92. The molecule has 2 N–H and O–H groups in total. The molecule has 1 rings (SSSR count). The van der Waals surface area contributed by atoms with Crippen molar-refractivity contribution >= 4 is 34.8 Å². The van der Waals surface area contributed by atoms with Gasteiger partial charge in [0.1, 0.15) is 0 Å². The lowest BCUT2D eigenvalue weighted by Gasteiger charge is -2.20.